The summed E-state index contributed by atoms with van der Waals surface area (Å²) in [6.07, 6.45) is 3.44. The fourth-order valence-corrected chi connectivity index (χ4v) is 3.30. The molecule has 138 valence electrons. The third-order valence-electron chi connectivity index (χ3n) is 5.17. The van der Waals surface area contributed by atoms with Crippen molar-refractivity contribution >= 4 is 11.8 Å². The topological polar surface area (TPSA) is 61.4 Å². The van der Waals surface area contributed by atoms with E-state index in [0.717, 1.165) is 37.9 Å². The molecule has 0 spiro atoms. The Morgan fingerprint density at radius 2 is 1.84 bits per heavy atom. The summed E-state index contributed by atoms with van der Waals surface area (Å²) in [6, 6.07) is 10.1. The van der Waals surface area contributed by atoms with Crippen LogP contribution in [0.4, 0.5) is 0 Å². The molecule has 1 aromatic carbocycles. The predicted octanol–water partition coefficient (Wildman–Crippen LogP) is 2.42. The van der Waals surface area contributed by atoms with E-state index in [2.05, 4.69) is 15.5 Å². The van der Waals surface area contributed by atoms with Crippen molar-refractivity contribution in [1.82, 2.24) is 15.5 Å². The Labute approximate surface area is 151 Å². The number of hydrogen-bond acceptors (Lipinski definition) is 3. The highest BCUT2D eigenvalue weighted by Crippen LogP contribution is 2.31. The summed E-state index contributed by atoms with van der Waals surface area (Å²) in [7, 11) is 0. The van der Waals surface area contributed by atoms with E-state index in [9.17, 15) is 9.59 Å². The van der Waals surface area contributed by atoms with E-state index in [1.54, 1.807) is 0 Å². The summed E-state index contributed by atoms with van der Waals surface area (Å²) in [5, 5.41) is 5.91. The van der Waals surface area contributed by atoms with E-state index in [-0.39, 0.29) is 17.9 Å². The van der Waals surface area contributed by atoms with Gasteiger partial charge in [0, 0.05) is 19.0 Å². The molecule has 1 heterocycles. The Hall–Kier alpha value is -1.88. The SMILES string of the molecule is CC[C@@H](C)NC(=O)CCNC(=O)[C@](C)(c1ccccc1)N1CCCC1. The molecule has 0 aliphatic carbocycles. The highest BCUT2D eigenvalue weighted by molar-refractivity contribution is 5.88. The molecule has 2 N–H and O–H groups in total. The third-order valence-corrected chi connectivity index (χ3v) is 5.17. The molecule has 2 amide bonds. The predicted molar refractivity (Wildman–Crippen MR) is 100 cm³/mol. The Kier molecular flexibility index (Phi) is 7.00. The van der Waals surface area contributed by atoms with Crippen LogP contribution in [0.15, 0.2) is 30.3 Å². The van der Waals surface area contributed by atoms with Crippen LogP contribution in [0.25, 0.3) is 0 Å². The molecule has 5 heteroatoms. The van der Waals surface area contributed by atoms with Gasteiger partial charge in [-0.05, 0) is 51.8 Å². The van der Waals surface area contributed by atoms with Gasteiger partial charge in [0.15, 0.2) is 0 Å². The van der Waals surface area contributed by atoms with Gasteiger partial charge in [-0.15, -0.1) is 0 Å². The van der Waals surface area contributed by atoms with Crippen LogP contribution in [0, 0.1) is 0 Å². The smallest absolute Gasteiger partial charge is 0.244 e. The molecule has 0 aromatic heterocycles. The number of rotatable bonds is 8. The number of nitrogens with zero attached hydrogens (tertiary/aromatic N) is 1. The highest BCUT2D eigenvalue weighted by atomic mass is 16.2. The molecule has 1 aliphatic heterocycles. The summed E-state index contributed by atoms with van der Waals surface area (Å²) >= 11 is 0. The number of nitrogens with one attached hydrogen (secondary N) is 2. The van der Waals surface area contributed by atoms with Gasteiger partial charge in [0.2, 0.25) is 11.8 Å². The standard InChI is InChI=1S/C20H31N3O2/c1-4-16(2)22-18(24)12-13-21-19(25)20(3,23-14-8-9-15-23)17-10-6-5-7-11-17/h5-7,10-11,16H,4,8-9,12-15H2,1-3H3,(H,21,25)(H,22,24)/t16-,20+/m1/s1. The second-order valence-electron chi connectivity index (χ2n) is 7.02. The zero-order valence-electron chi connectivity index (χ0n) is 15.7. The average Bonchev–Trinajstić information content (AvgIpc) is 3.16. The first kappa shape index (κ1) is 19.4. The Bertz CT molecular complexity index is 570. The summed E-state index contributed by atoms with van der Waals surface area (Å²) in [6.45, 7) is 8.21. The molecule has 25 heavy (non-hydrogen) atoms. The molecule has 0 radical (unpaired) electrons. The van der Waals surface area contributed by atoms with Crippen molar-refractivity contribution in [2.24, 2.45) is 0 Å². The molecule has 0 unspecified atom stereocenters. The highest BCUT2D eigenvalue weighted by Gasteiger charge is 2.41. The van der Waals surface area contributed by atoms with Gasteiger partial charge in [-0.2, -0.15) is 0 Å². The van der Waals surface area contributed by atoms with Crippen LogP contribution in [-0.2, 0) is 15.1 Å². The maximum Gasteiger partial charge on any atom is 0.244 e. The molecule has 5 nitrogen and oxygen atoms in total. The fraction of sp³-hybridized carbons (Fsp3) is 0.600. The van der Waals surface area contributed by atoms with Gasteiger partial charge < -0.3 is 10.6 Å². The monoisotopic (exact) mass is 345 g/mol. The van der Waals surface area contributed by atoms with Crippen molar-refractivity contribution in [3.8, 4) is 0 Å². The quantitative estimate of drug-likeness (QED) is 0.761. The first-order valence-corrected chi connectivity index (χ1v) is 9.36. The number of likely N-dealkylation sites (tertiary alicyclic amines) is 1. The van der Waals surface area contributed by atoms with Crippen LogP contribution in [-0.4, -0.2) is 42.4 Å². The molecular formula is C20H31N3O2. The number of carbonyl (C=O) groups excluding carboxylic acids is 2. The normalized spacial score (nSPS) is 18.4. The number of carbonyl (C=O) groups is 2. The van der Waals surface area contributed by atoms with Crippen LogP contribution in [0.1, 0.15) is 52.0 Å². The first-order chi connectivity index (χ1) is 12.0. The third kappa shape index (κ3) is 4.82. The molecule has 1 fully saturated rings. The Balaban J connectivity index is 2.00. The molecule has 2 atom stereocenters. The van der Waals surface area contributed by atoms with Crippen molar-refractivity contribution in [3.05, 3.63) is 35.9 Å². The van der Waals surface area contributed by atoms with Gasteiger partial charge in [-0.1, -0.05) is 37.3 Å². The molecule has 1 saturated heterocycles. The van der Waals surface area contributed by atoms with Gasteiger partial charge in [0.05, 0.1) is 0 Å². The Morgan fingerprint density at radius 3 is 2.44 bits per heavy atom. The lowest BCUT2D eigenvalue weighted by Crippen LogP contribution is -2.54. The maximum atomic E-state index is 13.0. The van der Waals surface area contributed by atoms with E-state index < -0.39 is 5.54 Å². The van der Waals surface area contributed by atoms with E-state index in [0.29, 0.717) is 13.0 Å². The molecule has 1 aliphatic rings. The number of amides is 2. The number of hydrogen-bond donors (Lipinski definition) is 2. The molecule has 1 aromatic rings. The van der Waals surface area contributed by atoms with Crippen LogP contribution < -0.4 is 10.6 Å². The lowest BCUT2D eigenvalue weighted by atomic mass is 9.89. The van der Waals surface area contributed by atoms with Gasteiger partial charge in [0.25, 0.3) is 0 Å². The summed E-state index contributed by atoms with van der Waals surface area (Å²) in [5.74, 6) is -0.0471. The van der Waals surface area contributed by atoms with Crippen molar-refractivity contribution in [2.45, 2.75) is 58.0 Å². The van der Waals surface area contributed by atoms with Crippen molar-refractivity contribution in [2.75, 3.05) is 19.6 Å². The second kappa shape index (κ2) is 8.99. The van der Waals surface area contributed by atoms with Gasteiger partial charge in [-0.3, -0.25) is 14.5 Å². The van der Waals surface area contributed by atoms with Gasteiger partial charge in [0.1, 0.15) is 5.54 Å². The Morgan fingerprint density at radius 1 is 1.20 bits per heavy atom. The van der Waals surface area contributed by atoms with Crippen LogP contribution in [0.2, 0.25) is 0 Å². The van der Waals surface area contributed by atoms with Gasteiger partial charge in [-0.25, -0.2) is 0 Å². The van der Waals surface area contributed by atoms with E-state index in [1.807, 2.05) is 51.1 Å². The van der Waals surface area contributed by atoms with E-state index in [1.165, 1.54) is 0 Å². The van der Waals surface area contributed by atoms with Crippen LogP contribution >= 0.6 is 0 Å². The lowest BCUT2D eigenvalue weighted by Gasteiger charge is -2.37. The number of benzene rings is 1. The van der Waals surface area contributed by atoms with Crippen molar-refractivity contribution in [1.29, 1.82) is 0 Å². The lowest BCUT2D eigenvalue weighted by molar-refractivity contribution is -0.132. The zero-order valence-corrected chi connectivity index (χ0v) is 15.7. The minimum Gasteiger partial charge on any atom is -0.354 e. The first-order valence-electron chi connectivity index (χ1n) is 9.36. The summed E-state index contributed by atoms with van der Waals surface area (Å²) in [5.41, 5.74) is 0.309. The van der Waals surface area contributed by atoms with Crippen molar-refractivity contribution in [3.63, 3.8) is 0 Å². The largest absolute Gasteiger partial charge is 0.354 e. The maximum absolute atomic E-state index is 13.0. The minimum atomic E-state index is -0.690. The zero-order chi connectivity index (χ0) is 18.3. The molecule has 2 rings (SSSR count). The second-order valence-corrected chi connectivity index (χ2v) is 7.02. The molecular weight excluding hydrogens is 314 g/mol. The average molecular weight is 345 g/mol. The van der Waals surface area contributed by atoms with E-state index >= 15 is 0 Å². The van der Waals surface area contributed by atoms with Gasteiger partial charge >= 0.3 is 0 Å². The summed E-state index contributed by atoms with van der Waals surface area (Å²) in [4.78, 5) is 27.2. The molecule has 0 bridgehead atoms. The fourth-order valence-electron chi connectivity index (χ4n) is 3.30. The summed E-state index contributed by atoms with van der Waals surface area (Å²) < 4.78 is 0. The van der Waals surface area contributed by atoms with E-state index in [4.69, 9.17) is 0 Å². The van der Waals surface area contributed by atoms with Crippen LogP contribution in [0.3, 0.4) is 0 Å². The minimum absolute atomic E-state index is 0.0164. The molecule has 0 saturated carbocycles. The van der Waals surface area contributed by atoms with Crippen LogP contribution in [0.5, 0.6) is 0 Å². The van der Waals surface area contributed by atoms with Crippen molar-refractivity contribution < 1.29 is 9.59 Å².